The van der Waals surface area contributed by atoms with Crippen LogP contribution in [0.4, 0.5) is 5.13 Å². The largest absolute Gasteiger partial charge is 0.507 e. The number of hydrogen-bond donors (Lipinski definition) is 3. The Morgan fingerprint density at radius 3 is 2.06 bits per heavy atom. The molecule has 0 bridgehead atoms. The van der Waals surface area contributed by atoms with Crippen LogP contribution in [-0.4, -0.2) is 54.0 Å². The Morgan fingerprint density at radius 1 is 1.03 bits per heavy atom. The highest BCUT2D eigenvalue weighted by Crippen LogP contribution is 2.39. The van der Waals surface area contributed by atoms with Gasteiger partial charge in [0.2, 0.25) is 0 Å². The zero-order valence-corrected chi connectivity index (χ0v) is 20.5. The molecule has 0 aliphatic carbocycles. The molecule has 2 aromatic rings. The Morgan fingerprint density at radius 2 is 1.58 bits per heavy atom. The number of amides is 2. The van der Waals surface area contributed by atoms with Crippen molar-refractivity contribution in [2.75, 3.05) is 32.5 Å². The van der Waals surface area contributed by atoms with Gasteiger partial charge < -0.3 is 15.3 Å². The molecule has 8 heteroatoms. The summed E-state index contributed by atoms with van der Waals surface area (Å²) in [5.41, 5.74) is 1.48. The van der Waals surface area contributed by atoms with Crippen molar-refractivity contribution in [2.24, 2.45) is 0 Å². The van der Waals surface area contributed by atoms with Crippen LogP contribution >= 0.6 is 11.3 Å². The van der Waals surface area contributed by atoms with Gasteiger partial charge >= 0.3 is 0 Å². The highest BCUT2D eigenvalue weighted by atomic mass is 32.1. The van der Waals surface area contributed by atoms with Gasteiger partial charge in [0, 0.05) is 35.2 Å². The molecular formula is C23H34N4O3S. The van der Waals surface area contributed by atoms with Gasteiger partial charge in [-0.3, -0.25) is 14.9 Å². The fourth-order valence-corrected chi connectivity index (χ4v) is 3.68. The van der Waals surface area contributed by atoms with Gasteiger partial charge in [0.05, 0.1) is 0 Å². The fraction of sp³-hybridized carbons (Fsp3) is 0.522. The van der Waals surface area contributed by atoms with Crippen LogP contribution in [0.15, 0.2) is 17.5 Å². The van der Waals surface area contributed by atoms with Crippen LogP contribution in [0.3, 0.4) is 0 Å². The summed E-state index contributed by atoms with van der Waals surface area (Å²) in [5.74, 6) is -0.374. The van der Waals surface area contributed by atoms with E-state index in [-0.39, 0.29) is 34.1 Å². The number of likely N-dealkylation sites (N-methyl/N-ethyl adjacent to an activating group) is 1. The number of nitrogens with zero attached hydrogens (tertiary/aromatic N) is 2. The molecule has 7 nitrogen and oxygen atoms in total. The van der Waals surface area contributed by atoms with Gasteiger partial charge in [0.15, 0.2) is 5.13 Å². The first kappa shape index (κ1) is 24.8. The fourth-order valence-electron chi connectivity index (χ4n) is 3.00. The summed E-state index contributed by atoms with van der Waals surface area (Å²) in [5, 5.41) is 18.4. The van der Waals surface area contributed by atoms with E-state index in [4.69, 9.17) is 0 Å². The van der Waals surface area contributed by atoms with Gasteiger partial charge in [-0.1, -0.05) is 41.5 Å². The number of phenolic OH excluding ortho intramolecular Hbond substituents is 1. The number of thiazole rings is 1. The number of rotatable bonds is 6. The number of aromatic hydroxyl groups is 1. The second-order valence-electron chi connectivity index (χ2n) is 9.97. The molecule has 0 spiro atoms. The summed E-state index contributed by atoms with van der Waals surface area (Å²) in [4.78, 5) is 31.4. The maximum atomic E-state index is 13.0. The predicted octanol–water partition coefficient (Wildman–Crippen LogP) is 3.99. The van der Waals surface area contributed by atoms with E-state index in [1.807, 2.05) is 60.5 Å². The number of anilines is 1. The number of nitrogens with one attached hydrogen (secondary N) is 2. The predicted molar refractivity (Wildman–Crippen MR) is 126 cm³/mol. The first-order valence-electron chi connectivity index (χ1n) is 10.3. The van der Waals surface area contributed by atoms with Crippen LogP contribution in [0.5, 0.6) is 5.75 Å². The number of aromatic nitrogens is 1. The summed E-state index contributed by atoms with van der Waals surface area (Å²) in [6.07, 6.45) is 0. The molecule has 0 unspecified atom stereocenters. The van der Waals surface area contributed by atoms with Gasteiger partial charge in [-0.15, -0.1) is 11.3 Å². The van der Waals surface area contributed by atoms with Crippen molar-refractivity contribution in [1.29, 1.82) is 0 Å². The van der Waals surface area contributed by atoms with Crippen LogP contribution in [0.25, 0.3) is 0 Å². The normalized spacial score (nSPS) is 12.2. The molecule has 0 aliphatic rings. The summed E-state index contributed by atoms with van der Waals surface area (Å²) < 4.78 is 0. The van der Waals surface area contributed by atoms with Gasteiger partial charge in [0.25, 0.3) is 11.8 Å². The highest BCUT2D eigenvalue weighted by Gasteiger charge is 2.28. The molecule has 0 aliphatic heterocycles. The van der Waals surface area contributed by atoms with E-state index >= 15 is 0 Å². The molecule has 1 aromatic heterocycles. The Kier molecular flexibility index (Phi) is 7.49. The smallest absolute Gasteiger partial charge is 0.270 e. The third-order valence-corrected chi connectivity index (χ3v) is 5.55. The van der Waals surface area contributed by atoms with E-state index in [0.717, 1.165) is 6.54 Å². The summed E-state index contributed by atoms with van der Waals surface area (Å²) >= 11 is 1.20. The molecule has 170 valence electrons. The molecule has 0 radical (unpaired) electrons. The molecule has 31 heavy (non-hydrogen) atoms. The lowest BCUT2D eigenvalue weighted by Gasteiger charge is -2.28. The van der Waals surface area contributed by atoms with Crippen molar-refractivity contribution < 1.29 is 14.7 Å². The number of phenols is 1. The molecule has 1 aromatic carbocycles. The van der Waals surface area contributed by atoms with Gasteiger partial charge in [-0.05, 0) is 37.1 Å². The topological polar surface area (TPSA) is 94.6 Å². The first-order chi connectivity index (χ1) is 14.2. The van der Waals surface area contributed by atoms with Gasteiger partial charge in [-0.25, -0.2) is 4.98 Å². The van der Waals surface area contributed by atoms with Crippen LogP contribution in [0, 0.1) is 0 Å². The molecule has 1 heterocycles. The zero-order chi connectivity index (χ0) is 23.6. The van der Waals surface area contributed by atoms with Crippen LogP contribution < -0.4 is 10.6 Å². The van der Waals surface area contributed by atoms with Crippen molar-refractivity contribution in [2.45, 2.75) is 52.4 Å². The van der Waals surface area contributed by atoms with Gasteiger partial charge in [-0.2, -0.15) is 0 Å². The Bertz CT molecular complexity index is 917. The second-order valence-corrected chi connectivity index (χ2v) is 10.8. The Hall–Kier alpha value is -2.45. The van der Waals surface area contributed by atoms with Crippen LogP contribution in [0.1, 0.15) is 73.5 Å². The molecule has 0 fully saturated rings. The van der Waals surface area contributed by atoms with Crippen molar-refractivity contribution >= 4 is 28.3 Å². The zero-order valence-electron chi connectivity index (χ0n) is 19.7. The average molecular weight is 447 g/mol. The van der Waals surface area contributed by atoms with E-state index in [9.17, 15) is 14.7 Å². The van der Waals surface area contributed by atoms with Crippen LogP contribution in [0.2, 0.25) is 0 Å². The lowest BCUT2D eigenvalue weighted by molar-refractivity contribution is 0.0945. The molecule has 3 N–H and O–H groups in total. The third-order valence-electron chi connectivity index (χ3n) is 4.79. The third kappa shape index (κ3) is 6.51. The molecule has 0 atom stereocenters. The minimum atomic E-state index is -0.334. The first-order valence-corrected chi connectivity index (χ1v) is 11.2. The lowest BCUT2D eigenvalue weighted by Crippen LogP contribution is -2.31. The summed E-state index contributed by atoms with van der Waals surface area (Å²) in [6.45, 7) is 13.2. The standard InChI is InChI=1S/C23H34N4O3S/c1-22(2,3)15-11-14(12-16(18(15)28)23(4,5)6)19(29)26-21-25-17(13-31-21)20(30)24-9-10-27(7)8/h11-13,28H,9-10H2,1-8H3,(H,24,30)(H,25,26,29). The van der Waals surface area contributed by atoms with Gasteiger partial charge in [0.1, 0.15) is 11.4 Å². The van der Waals surface area contributed by atoms with E-state index in [0.29, 0.717) is 28.4 Å². The Labute approximate surface area is 188 Å². The van der Waals surface area contributed by atoms with Crippen molar-refractivity contribution in [3.63, 3.8) is 0 Å². The quantitative estimate of drug-likeness (QED) is 0.624. The average Bonchev–Trinajstić information content (AvgIpc) is 3.08. The lowest BCUT2D eigenvalue weighted by atomic mass is 9.78. The van der Waals surface area contributed by atoms with E-state index in [1.165, 1.54) is 11.3 Å². The maximum Gasteiger partial charge on any atom is 0.270 e. The van der Waals surface area contributed by atoms with Crippen molar-refractivity contribution in [3.8, 4) is 5.75 Å². The molecule has 0 saturated carbocycles. The number of hydrogen-bond acceptors (Lipinski definition) is 6. The maximum absolute atomic E-state index is 13.0. The number of benzene rings is 1. The monoisotopic (exact) mass is 446 g/mol. The second kappa shape index (κ2) is 9.36. The number of carbonyl (C=O) groups excluding carboxylic acids is 2. The summed E-state index contributed by atoms with van der Waals surface area (Å²) in [6, 6.07) is 3.45. The van der Waals surface area contributed by atoms with E-state index in [2.05, 4.69) is 15.6 Å². The summed E-state index contributed by atoms with van der Waals surface area (Å²) in [7, 11) is 3.87. The number of carbonyl (C=O) groups is 2. The minimum absolute atomic E-state index is 0.225. The SMILES string of the molecule is CN(C)CCNC(=O)c1csc(NC(=O)c2cc(C(C)(C)C)c(O)c(C(C)(C)C)c2)n1. The van der Waals surface area contributed by atoms with E-state index in [1.54, 1.807) is 17.5 Å². The Balaban J connectivity index is 2.25. The molecular weight excluding hydrogens is 412 g/mol. The van der Waals surface area contributed by atoms with Crippen molar-refractivity contribution in [1.82, 2.24) is 15.2 Å². The van der Waals surface area contributed by atoms with Crippen LogP contribution in [-0.2, 0) is 10.8 Å². The molecule has 0 saturated heterocycles. The molecule has 2 amide bonds. The minimum Gasteiger partial charge on any atom is -0.507 e. The van der Waals surface area contributed by atoms with Crippen molar-refractivity contribution in [3.05, 3.63) is 39.9 Å². The van der Waals surface area contributed by atoms with E-state index < -0.39 is 0 Å². The highest BCUT2D eigenvalue weighted by molar-refractivity contribution is 7.14. The molecule has 2 rings (SSSR count).